The van der Waals surface area contributed by atoms with Gasteiger partial charge in [0.2, 0.25) is 0 Å². The van der Waals surface area contributed by atoms with Crippen LogP contribution in [0.1, 0.15) is 27.8 Å². The third kappa shape index (κ3) is 3.10. The molecular weight excluding hydrogens is 275 g/mol. The Morgan fingerprint density at radius 1 is 1.05 bits per heavy atom. The number of hydrogen-bond donors (Lipinski definition) is 1. The summed E-state index contributed by atoms with van der Waals surface area (Å²) >= 11 is 0. The molecule has 0 saturated heterocycles. The van der Waals surface area contributed by atoms with E-state index in [-0.39, 0.29) is 6.04 Å². The van der Waals surface area contributed by atoms with Crippen molar-refractivity contribution in [2.75, 3.05) is 0 Å². The Labute approximate surface area is 121 Å². The Balaban J connectivity index is 1.83. The topological polar surface area (TPSA) is 26.0 Å². The molecule has 0 bridgehead atoms. The molecule has 0 saturated carbocycles. The fourth-order valence-electron chi connectivity index (χ4n) is 2.84. The Kier molecular flexibility index (Phi) is 3.49. The maximum absolute atomic E-state index is 12.7. The summed E-state index contributed by atoms with van der Waals surface area (Å²) in [6.07, 6.45) is -2.12. The van der Waals surface area contributed by atoms with Crippen molar-refractivity contribution in [3.05, 3.63) is 70.3 Å². The predicted molar refractivity (Wildman–Crippen MR) is 74.9 cm³/mol. The first-order valence-corrected chi connectivity index (χ1v) is 6.85. The number of fused-ring (bicyclic) bond motifs is 1. The second kappa shape index (κ2) is 5.19. The zero-order chi connectivity index (χ0) is 15.0. The van der Waals surface area contributed by atoms with E-state index in [9.17, 15) is 13.2 Å². The molecule has 3 rings (SSSR count). The molecule has 4 heteroatoms. The van der Waals surface area contributed by atoms with Crippen LogP contribution in [0.15, 0.2) is 36.4 Å². The largest absolute Gasteiger partial charge is 0.416 e. The minimum absolute atomic E-state index is 0.164. The highest BCUT2D eigenvalue weighted by molar-refractivity contribution is 5.39. The van der Waals surface area contributed by atoms with Gasteiger partial charge in [-0.05, 0) is 59.7 Å². The molecule has 21 heavy (non-hydrogen) atoms. The lowest BCUT2D eigenvalue weighted by Gasteiger charge is -2.09. The fraction of sp³-hybridized carbons (Fsp3) is 0.294. The third-order valence-corrected chi connectivity index (χ3v) is 3.82. The first-order chi connectivity index (χ1) is 9.91. The van der Waals surface area contributed by atoms with E-state index < -0.39 is 11.7 Å². The predicted octanol–water partition coefficient (Wildman–Crippen LogP) is 3.52. The van der Waals surface area contributed by atoms with Gasteiger partial charge in [0.05, 0.1) is 5.56 Å². The second-order valence-corrected chi connectivity index (χ2v) is 5.58. The number of nitrogens with two attached hydrogens (primary N) is 1. The van der Waals surface area contributed by atoms with Crippen molar-refractivity contribution in [2.24, 2.45) is 5.73 Å². The molecule has 2 aromatic rings. The average molecular weight is 290 g/mol. The number of benzene rings is 2. The van der Waals surface area contributed by atoms with Gasteiger partial charge < -0.3 is 5.73 Å². The quantitative estimate of drug-likeness (QED) is 0.899. The van der Waals surface area contributed by atoms with E-state index in [0.717, 1.165) is 24.5 Å². The first-order valence-electron chi connectivity index (χ1n) is 6.85. The molecule has 109 valence electrons. The van der Waals surface area contributed by atoms with Crippen LogP contribution in [-0.2, 0) is 25.4 Å². The van der Waals surface area contributed by atoms with Gasteiger partial charge in [-0.25, -0.2) is 0 Å². The van der Waals surface area contributed by atoms with Crippen molar-refractivity contribution >= 4 is 0 Å². The van der Waals surface area contributed by atoms with Crippen molar-refractivity contribution in [3.8, 4) is 0 Å². The molecule has 1 aliphatic carbocycles. The molecule has 2 N–H and O–H groups in total. The minimum atomic E-state index is -4.32. The summed E-state index contributed by atoms with van der Waals surface area (Å²) in [6, 6.07) is 12.6. The maximum Gasteiger partial charge on any atom is 0.416 e. The third-order valence-electron chi connectivity index (χ3n) is 3.82. The minimum Gasteiger partial charge on any atom is -0.327 e. The molecular formula is C17H15F3N. The average Bonchev–Trinajstić information content (AvgIpc) is 2.77. The van der Waals surface area contributed by atoms with Gasteiger partial charge in [0.1, 0.15) is 0 Å². The monoisotopic (exact) mass is 290 g/mol. The zero-order valence-electron chi connectivity index (χ0n) is 11.4. The van der Waals surface area contributed by atoms with E-state index >= 15 is 0 Å². The van der Waals surface area contributed by atoms with Crippen LogP contribution in [0.25, 0.3) is 0 Å². The van der Waals surface area contributed by atoms with E-state index in [1.807, 2.05) is 12.1 Å². The summed E-state index contributed by atoms with van der Waals surface area (Å²) in [6.45, 7) is 0. The lowest BCUT2D eigenvalue weighted by Crippen LogP contribution is -2.18. The Morgan fingerprint density at radius 3 is 2.57 bits per heavy atom. The Morgan fingerprint density at radius 2 is 1.81 bits per heavy atom. The van der Waals surface area contributed by atoms with Crippen LogP contribution in [0.2, 0.25) is 0 Å². The summed E-state index contributed by atoms with van der Waals surface area (Å²) < 4.78 is 38.1. The van der Waals surface area contributed by atoms with Crippen LogP contribution in [0.3, 0.4) is 0 Å². The molecule has 2 aromatic carbocycles. The molecule has 1 aliphatic rings. The van der Waals surface area contributed by atoms with Crippen LogP contribution < -0.4 is 5.73 Å². The number of alkyl halides is 3. The van der Waals surface area contributed by atoms with Crippen LogP contribution in [0, 0.1) is 6.07 Å². The summed E-state index contributed by atoms with van der Waals surface area (Å²) in [5.41, 5.74) is 9.37. The Hall–Kier alpha value is -1.81. The zero-order valence-corrected chi connectivity index (χ0v) is 11.4. The van der Waals surface area contributed by atoms with Crippen molar-refractivity contribution in [2.45, 2.75) is 31.5 Å². The molecule has 0 amide bonds. The fourth-order valence-corrected chi connectivity index (χ4v) is 2.84. The van der Waals surface area contributed by atoms with Crippen molar-refractivity contribution in [1.29, 1.82) is 0 Å². The molecule has 1 radical (unpaired) electrons. The highest BCUT2D eigenvalue weighted by Crippen LogP contribution is 2.30. The van der Waals surface area contributed by atoms with Gasteiger partial charge in [0, 0.05) is 6.04 Å². The van der Waals surface area contributed by atoms with Gasteiger partial charge in [0.15, 0.2) is 0 Å². The highest BCUT2D eigenvalue weighted by Gasteiger charge is 2.30. The standard InChI is InChI=1S/C17H15F3N/c18-17(19,20)15-3-1-2-11(8-15)6-12-4-5-13-9-16(21)10-14(13)7-12/h2-5,7-8,16H,6,9-10,21H2/t16-/m0/s1. The van der Waals surface area contributed by atoms with Gasteiger partial charge in [-0.1, -0.05) is 24.3 Å². The van der Waals surface area contributed by atoms with E-state index in [2.05, 4.69) is 12.1 Å². The lowest BCUT2D eigenvalue weighted by molar-refractivity contribution is -0.137. The van der Waals surface area contributed by atoms with Crippen LogP contribution in [-0.4, -0.2) is 6.04 Å². The summed E-state index contributed by atoms with van der Waals surface area (Å²) in [7, 11) is 0. The number of hydrogen-bond acceptors (Lipinski definition) is 1. The molecule has 0 aliphatic heterocycles. The molecule has 0 unspecified atom stereocenters. The van der Waals surface area contributed by atoms with E-state index in [1.54, 1.807) is 6.07 Å². The molecule has 1 nitrogen and oxygen atoms in total. The smallest absolute Gasteiger partial charge is 0.327 e. The van der Waals surface area contributed by atoms with Crippen molar-refractivity contribution in [1.82, 2.24) is 0 Å². The molecule has 1 atom stereocenters. The summed E-state index contributed by atoms with van der Waals surface area (Å²) in [4.78, 5) is 0. The molecule has 0 spiro atoms. The second-order valence-electron chi connectivity index (χ2n) is 5.58. The number of halogens is 3. The number of rotatable bonds is 2. The van der Waals surface area contributed by atoms with Crippen molar-refractivity contribution < 1.29 is 13.2 Å². The normalized spacial score (nSPS) is 17.8. The van der Waals surface area contributed by atoms with Crippen LogP contribution >= 0.6 is 0 Å². The van der Waals surface area contributed by atoms with Gasteiger partial charge in [-0.3, -0.25) is 0 Å². The SMILES string of the molecule is N[C@H]1Cc2ccc(Cc3c[c]cc(C(F)(F)F)c3)cc2C1. The van der Waals surface area contributed by atoms with E-state index in [0.29, 0.717) is 12.0 Å². The van der Waals surface area contributed by atoms with E-state index in [1.165, 1.54) is 17.2 Å². The van der Waals surface area contributed by atoms with Crippen molar-refractivity contribution in [3.63, 3.8) is 0 Å². The van der Waals surface area contributed by atoms with Gasteiger partial charge in [0.25, 0.3) is 0 Å². The summed E-state index contributed by atoms with van der Waals surface area (Å²) in [5.74, 6) is 0. The van der Waals surface area contributed by atoms with Gasteiger partial charge in [-0.15, -0.1) is 0 Å². The van der Waals surface area contributed by atoms with Crippen LogP contribution in [0.4, 0.5) is 13.2 Å². The highest BCUT2D eigenvalue weighted by atomic mass is 19.4. The molecule has 0 aromatic heterocycles. The molecule has 0 heterocycles. The van der Waals surface area contributed by atoms with Gasteiger partial charge in [-0.2, -0.15) is 13.2 Å². The van der Waals surface area contributed by atoms with Gasteiger partial charge >= 0.3 is 6.18 Å². The maximum atomic E-state index is 12.7. The van der Waals surface area contributed by atoms with Crippen LogP contribution in [0.5, 0.6) is 0 Å². The Bertz CT molecular complexity index is 661. The lowest BCUT2D eigenvalue weighted by atomic mass is 9.99. The van der Waals surface area contributed by atoms with E-state index in [4.69, 9.17) is 5.73 Å². The molecule has 0 fully saturated rings. The first kappa shape index (κ1) is 14.1. The summed E-state index contributed by atoms with van der Waals surface area (Å²) in [5, 5.41) is 0.